The zero-order chi connectivity index (χ0) is 59.4. The molecule has 0 saturated carbocycles. The normalized spacial score (nSPS) is 14.9. The van der Waals surface area contributed by atoms with Crippen molar-refractivity contribution in [1.29, 1.82) is 0 Å². The highest BCUT2D eigenvalue weighted by Gasteiger charge is 2.24. The van der Waals surface area contributed by atoms with Crippen molar-refractivity contribution >= 4 is 50.7 Å². The smallest absolute Gasteiger partial charge is 0.227 e. The SMILES string of the molecule is C.C.Cc1ccc(-c2nc(N)nc3c(Oc4cccc(CO[C@H]5CCOC5)c4)cnn23)o1.Cc1ccc(-c2nc(NC(C)(C)C)nc3c(Br)cnn23)o1.Cc1ccc(-c2nc(NC(C)(C)C)nc3c(Oc4cccc(CO[C@H]5CCOC5)c4)cnn23)o1. The first kappa shape index (κ1) is 62.8. The Morgan fingerprint density at radius 3 is 1.37 bits per heavy atom. The molecule has 2 fully saturated rings. The number of benzene rings is 2. The van der Waals surface area contributed by atoms with Gasteiger partial charge in [-0.2, -0.15) is 58.7 Å². The minimum atomic E-state index is -0.228. The van der Waals surface area contributed by atoms with E-state index >= 15 is 0 Å². The Hall–Kier alpha value is -8.75. The Morgan fingerprint density at radius 1 is 0.540 bits per heavy atom. The molecule has 2 aromatic carbocycles. The maximum atomic E-state index is 6.21. The molecule has 0 spiro atoms. The molecule has 13 rings (SSSR count). The van der Waals surface area contributed by atoms with E-state index in [4.69, 9.17) is 52.4 Å². The molecule has 2 aliphatic rings. The van der Waals surface area contributed by atoms with Crippen LogP contribution in [0, 0.1) is 20.8 Å². The quantitative estimate of drug-likeness (QED) is 0.0860. The van der Waals surface area contributed by atoms with Crippen LogP contribution in [0.5, 0.6) is 23.0 Å². The van der Waals surface area contributed by atoms with Crippen LogP contribution in [0.25, 0.3) is 51.7 Å². The fraction of sp³-hybridized carbons (Fsp3) is 0.371. The van der Waals surface area contributed by atoms with E-state index in [0.717, 1.165) is 58.9 Å². The van der Waals surface area contributed by atoms with Crippen LogP contribution in [-0.2, 0) is 32.2 Å². The summed E-state index contributed by atoms with van der Waals surface area (Å²) in [6.07, 6.45) is 7.09. The van der Waals surface area contributed by atoms with E-state index in [1.54, 1.807) is 32.1 Å². The minimum Gasteiger partial charge on any atom is -0.458 e. The van der Waals surface area contributed by atoms with E-state index in [1.807, 2.05) is 106 Å². The summed E-state index contributed by atoms with van der Waals surface area (Å²) in [6.45, 7) is 21.8. The average Bonchev–Trinajstić information content (AvgIpc) is 2.16. The van der Waals surface area contributed by atoms with Crippen LogP contribution in [0.15, 0.2) is 121 Å². The molecule has 0 unspecified atom stereocenters. The van der Waals surface area contributed by atoms with Crippen molar-refractivity contribution in [2.24, 2.45) is 0 Å². The second-order valence-corrected chi connectivity index (χ2v) is 23.3. The number of nitrogens with zero attached hydrogens (tertiary/aromatic N) is 12. The molecule has 0 bridgehead atoms. The van der Waals surface area contributed by atoms with E-state index in [2.05, 4.69) is 108 Å². The van der Waals surface area contributed by atoms with Gasteiger partial charge >= 0.3 is 0 Å². The molecule has 2 atom stereocenters. The summed E-state index contributed by atoms with van der Waals surface area (Å²) in [5.74, 6) is 9.26. The van der Waals surface area contributed by atoms with E-state index in [0.29, 0.717) is 113 Å². The first-order valence-electron chi connectivity index (χ1n) is 27.7. The highest BCUT2D eigenvalue weighted by atomic mass is 79.9. The fourth-order valence-corrected chi connectivity index (χ4v) is 9.37. The molecule has 0 aliphatic carbocycles. The van der Waals surface area contributed by atoms with E-state index < -0.39 is 0 Å². The van der Waals surface area contributed by atoms with Crippen molar-refractivity contribution < 1.29 is 41.7 Å². The lowest BCUT2D eigenvalue weighted by Gasteiger charge is -2.20. The predicted octanol–water partition coefficient (Wildman–Crippen LogP) is 13.3. The van der Waals surface area contributed by atoms with Crippen LogP contribution in [-0.4, -0.2) is 108 Å². The number of anilines is 3. The van der Waals surface area contributed by atoms with Gasteiger partial charge in [0.1, 0.15) is 28.8 Å². The number of halogens is 1. The van der Waals surface area contributed by atoms with E-state index in [-0.39, 0.29) is 44.1 Å². The van der Waals surface area contributed by atoms with Crippen LogP contribution in [0.1, 0.15) is 97.6 Å². The molecule has 458 valence electrons. The van der Waals surface area contributed by atoms with Gasteiger partial charge in [0.05, 0.1) is 61.7 Å². The second-order valence-electron chi connectivity index (χ2n) is 22.4. The Labute approximate surface area is 512 Å². The third-order valence-electron chi connectivity index (χ3n) is 12.9. The van der Waals surface area contributed by atoms with Crippen molar-refractivity contribution in [1.82, 2.24) is 58.7 Å². The van der Waals surface area contributed by atoms with Crippen LogP contribution in [0.4, 0.5) is 17.8 Å². The Bertz CT molecular complexity index is 4080. The van der Waals surface area contributed by atoms with E-state index in [1.165, 1.54) is 0 Å². The van der Waals surface area contributed by atoms with Gasteiger partial charge in [-0.3, -0.25) is 0 Å². The summed E-state index contributed by atoms with van der Waals surface area (Å²) in [7, 11) is 0. The number of rotatable bonds is 15. The van der Waals surface area contributed by atoms with Crippen molar-refractivity contribution in [3.63, 3.8) is 0 Å². The third kappa shape index (κ3) is 15.6. The highest BCUT2D eigenvalue weighted by molar-refractivity contribution is 9.10. The van der Waals surface area contributed by atoms with Crippen LogP contribution >= 0.6 is 15.9 Å². The maximum absolute atomic E-state index is 6.21. The zero-order valence-corrected chi connectivity index (χ0v) is 50.2. The van der Waals surface area contributed by atoms with Gasteiger partial charge in [0.2, 0.25) is 46.6 Å². The standard InChI is InChI=1S/C25H29N5O4.C21H21N5O4.C14H16BrN5O.2CH4/c1-16-8-9-20(33-16)22-27-24(29-25(2,3)4)28-23-21(13-26-30(22)23)34-18-7-5-6-17(12-18)14-32-19-10-11-31-15-19;1-13-5-6-17(29-13)19-24-21(22)25-20-18(10-23-26(19)20)30-15-4-2-3-14(9-15)11-28-16-7-8-27-12-16;1-8-5-6-10(21-8)12-18-13(19-14(2,3)4)17-11-9(15)7-16-20(11)12;;/h5-9,12-13,19H,10-11,14-15H2,1-4H3,(H,28,29);2-6,9-10,16H,7-8,11-12H2,1H3,(H2,22,25);5-7H,1-4H3,(H,17,19);2*1H4/t19-;16-;;;/m00.../s1. The van der Waals surface area contributed by atoms with Gasteiger partial charge in [0.15, 0.2) is 34.4 Å². The van der Waals surface area contributed by atoms with Crippen molar-refractivity contribution in [3.8, 4) is 57.8 Å². The molecule has 9 aromatic heterocycles. The second kappa shape index (κ2) is 26.9. The minimum absolute atomic E-state index is 0. The van der Waals surface area contributed by atoms with Crippen LogP contribution in [0.2, 0.25) is 0 Å². The van der Waals surface area contributed by atoms with Gasteiger partial charge in [-0.05, 0) is 163 Å². The Kier molecular flexibility index (Phi) is 19.4. The van der Waals surface area contributed by atoms with Gasteiger partial charge in [0.25, 0.3) is 0 Å². The molecule has 87 heavy (non-hydrogen) atoms. The van der Waals surface area contributed by atoms with Crippen LogP contribution < -0.4 is 25.8 Å². The average molecular weight is 1250 g/mol. The summed E-state index contributed by atoms with van der Waals surface area (Å²) in [5.41, 5.74) is 9.28. The molecule has 11 aromatic rings. The van der Waals surface area contributed by atoms with Gasteiger partial charge in [-0.25, -0.2) is 0 Å². The summed E-state index contributed by atoms with van der Waals surface area (Å²) in [6, 6.07) is 26.8. The summed E-state index contributed by atoms with van der Waals surface area (Å²) < 4.78 is 57.7. The van der Waals surface area contributed by atoms with Gasteiger partial charge < -0.3 is 58.0 Å². The first-order chi connectivity index (χ1) is 40.8. The summed E-state index contributed by atoms with van der Waals surface area (Å²) >= 11 is 3.46. The molecule has 11 heterocycles. The number of ether oxygens (including phenoxy) is 6. The van der Waals surface area contributed by atoms with Crippen molar-refractivity contribution in [3.05, 3.63) is 136 Å². The molecule has 0 amide bonds. The first-order valence-corrected chi connectivity index (χ1v) is 28.5. The topological polar surface area (TPSA) is 274 Å². The lowest BCUT2D eigenvalue weighted by Crippen LogP contribution is -2.27. The molecule has 25 heteroatoms. The summed E-state index contributed by atoms with van der Waals surface area (Å²) in [4.78, 5) is 27.0. The predicted molar refractivity (Wildman–Crippen MR) is 333 cm³/mol. The number of fused-ring (bicyclic) bond motifs is 3. The summed E-state index contributed by atoms with van der Waals surface area (Å²) in [5, 5.41) is 19.8. The molecule has 4 N–H and O–H groups in total. The van der Waals surface area contributed by atoms with Gasteiger partial charge in [-0.15, -0.1) is 0 Å². The monoisotopic (exact) mass is 1250 g/mol. The Balaban J connectivity index is 0.000000158. The van der Waals surface area contributed by atoms with E-state index in [9.17, 15) is 0 Å². The number of nitrogen functional groups attached to an aromatic ring is 1. The number of hydrogen-bond donors (Lipinski definition) is 3. The maximum Gasteiger partial charge on any atom is 0.227 e. The molecule has 2 aliphatic heterocycles. The van der Waals surface area contributed by atoms with Gasteiger partial charge in [0, 0.05) is 24.3 Å². The van der Waals surface area contributed by atoms with Gasteiger partial charge in [-0.1, -0.05) is 39.1 Å². The van der Waals surface area contributed by atoms with Crippen molar-refractivity contribution in [2.75, 3.05) is 42.8 Å². The fourth-order valence-electron chi connectivity index (χ4n) is 9.02. The molecular weight excluding hydrogens is 1180 g/mol. The van der Waals surface area contributed by atoms with Crippen LogP contribution in [0.3, 0.4) is 0 Å². The zero-order valence-electron chi connectivity index (χ0n) is 48.6. The highest BCUT2D eigenvalue weighted by Crippen LogP contribution is 2.33. The lowest BCUT2D eigenvalue weighted by molar-refractivity contribution is 0.0317. The number of aromatic nitrogens is 12. The number of aryl methyl sites for hydroxylation is 3. The number of nitrogens with two attached hydrogens (primary N) is 1. The Morgan fingerprint density at radius 2 is 0.954 bits per heavy atom. The lowest BCUT2D eigenvalue weighted by atomic mass is 10.1. The third-order valence-corrected chi connectivity index (χ3v) is 13.4. The number of hydrogen-bond acceptors (Lipinski definition) is 21. The molecule has 2 saturated heterocycles. The van der Waals surface area contributed by atoms with Crippen molar-refractivity contribution in [2.45, 2.75) is 127 Å². The number of nitrogens with one attached hydrogen (secondary N) is 2. The number of furan rings is 3. The largest absolute Gasteiger partial charge is 0.458 e. The molecule has 24 nitrogen and oxygen atoms in total. The molecule has 0 radical (unpaired) electrons. The molecular formula is C62H74BrN15O9.